The van der Waals surface area contributed by atoms with Crippen LogP contribution in [0.3, 0.4) is 0 Å². The molecule has 6 heteroatoms. The maximum Gasteiger partial charge on any atom is 0.147 e. The van der Waals surface area contributed by atoms with Gasteiger partial charge in [-0.25, -0.2) is 4.98 Å². The lowest BCUT2D eigenvalue weighted by Gasteiger charge is -2.42. The van der Waals surface area contributed by atoms with Crippen LogP contribution in [0.5, 0.6) is 0 Å². The Balaban J connectivity index is 1.35. The first-order valence-electron chi connectivity index (χ1n) is 10.3. The fourth-order valence-corrected chi connectivity index (χ4v) is 5.45. The molecule has 30 heavy (non-hydrogen) atoms. The molecule has 2 heterocycles. The average molecular weight is 439 g/mol. The highest BCUT2D eigenvalue weighted by atomic mass is 35.5. The number of fused-ring (bicyclic) bond motifs is 1. The van der Waals surface area contributed by atoms with Gasteiger partial charge in [0.05, 0.1) is 27.6 Å². The molecule has 1 aromatic heterocycles. The Kier molecular flexibility index (Phi) is 4.97. The number of piperidine rings is 1. The fraction of sp³-hybridized carbons (Fsp3) is 0.333. The first-order chi connectivity index (χ1) is 14.5. The van der Waals surface area contributed by atoms with E-state index in [4.69, 9.17) is 38.9 Å². The number of halogens is 2. The van der Waals surface area contributed by atoms with Gasteiger partial charge in [-0.05, 0) is 48.8 Å². The molecule has 0 unspecified atom stereocenters. The van der Waals surface area contributed by atoms with Gasteiger partial charge in [0.25, 0.3) is 0 Å². The van der Waals surface area contributed by atoms with Crippen molar-refractivity contribution >= 4 is 29.0 Å². The molecule has 1 aliphatic heterocycles. The minimum absolute atomic E-state index is 0.121. The van der Waals surface area contributed by atoms with Crippen molar-refractivity contribution in [1.29, 1.82) is 0 Å². The van der Waals surface area contributed by atoms with Crippen molar-refractivity contribution in [1.82, 2.24) is 9.97 Å². The maximum atomic E-state index is 6.71. The van der Waals surface area contributed by atoms with Crippen LogP contribution in [0.15, 0.2) is 48.7 Å². The van der Waals surface area contributed by atoms with E-state index >= 15 is 0 Å². The standard InChI is InChI=1S/C24H24Cl2N4/c1-15-22(18-7-4-8-19(25)21(18)26)28-14-20(29-15)30-11-9-24(10-12-30)13-16-5-2-3-6-17(16)23(24)27/h2-8,14,23H,9-13,27H2,1H3/t23-/m1/s1. The molecule has 3 aromatic rings. The summed E-state index contributed by atoms with van der Waals surface area (Å²) in [7, 11) is 0. The number of hydrogen-bond donors (Lipinski definition) is 1. The van der Waals surface area contributed by atoms with Gasteiger partial charge in [-0.2, -0.15) is 0 Å². The zero-order valence-corrected chi connectivity index (χ0v) is 18.4. The van der Waals surface area contributed by atoms with Gasteiger partial charge in [0, 0.05) is 24.7 Å². The molecule has 0 radical (unpaired) electrons. The Hall–Kier alpha value is -2.14. The Bertz CT molecular complexity index is 1110. The van der Waals surface area contributed by atoms with Crippen LogP contribution >= 0.6 is 23.2 Å². The van der Waals surface area contributed by atoms with Crippen LogP contribution in [0.1, 0.15) is 35.7 Å². The van der Waals surface area contributed by atoms with Crippen LogP contribution in [-0.2, 0) is 6.42 Å². The van der Waals surface area contributed by atoms with Gasteiger partial charge in [-0.15, -0.1) is 0 Å². The maximum absolute atomic E-state index is 6.71. The van der Waals surface area contributed by atoms with E-state index in [9.17, 15) is 0 Å². The van der Waals surface area contributed by atoms with Crippen molar-refractivity contribution < 1.29 is 0 Å². The van der Waals surface area contributed by atoms with Gasteiger partial charge in [-0.1, -0.05) is 59.6 Å². The van der Waals surface area contributed by atoms with Gasteiger partial charge >= 0.3 is 0 Å². The summed E-state index contributed by atoms with van der Waals surface area (Å²) in [5.74, 6) is 0.910. The third-order valence-corrected chi connectivity index (χ3v) is 7.64. The molecular formula is C24H24Cl2N4. The Labute approximate surface area is 187 Å². The average Bonchev–Trinajstić information content (AvgIpc) is 3.02. The molecule has 1 saturated heterocycles. The van der Waals surface area contributed by atoms with Crippen molar-refractivity contribution in [3.63, 3.8) is 0 Å². The summed E-state index contributed by atoms with van der Waals surface area (Å²) >= 11 is 12.6. The number of hydrogen-bond acceptors (Lipinski definition) is 4. The molecular weight excluding hydrogens is 415 g/mol. The van der Waals surface area contributed by atoms with E-state index in [1.54, 1.807) is 6.07 Å². The fourth-order valence-electron chi connectivity index (χ4n) is 5.06. The second-order valence-corrected chi connectivity index (χ2v) is 9.25. The highest BCUT2D eigenvalue weighted by Crippen LogP contribution is 2.50. The largest absolute Gasteiger partial charge is 0.355 e. The van der Waals surface area contributed by atoms with E-state index in [2.05, 4.69) is 29.2 Å². The van der Waals surface area contributed by atoms with Crippen LogP contribution in [-0.4, -0.2) is 23.1 Å². The number of benzene rings is 2. The van der Waals surface area contributed by atoms with E-state index in [1.165, 1.54) is 11.1 Å². The quantitative estimate of drug-likeness (QED) is 0.565. The van der Waals surface area contributed by atoms with Gasteiger partial charge in [0.2, 0.25) is 0 Å². The summed E-state index contributed by atoms with van der Waals surface area (Å²) < 4.78 is 0. The lowest BCUT2D eigenvalue weighted by atomic mass is 9.73. The Morgan fingerprint density at radius 3 is 2.57 bits per heavy atom. The van der Waals surface area contributed by atoms with E-state index < -0.39 is 0 Å². The molecule has 1 fully saturated rings. The molecule has 4 nitrogen and oxygen atoms in total. The van der Waals surface area contributed by atoms with Crippen LogP contribution in [0.25, 0.3) is 11.3 Å². The zero-order chi connectivity index (χ0) is 20.9. The zero-order valence-electron chi connectivity index (χ0n) is 16.9. The second kappa shape index (κ2) is 7.52. The molecule has 154 valence electrons. The third-order valence-electron chi connectivity index (χ3n) is 6.82. The van der Waals surface area contributed by atoms with Crippen molar-refractivity contribution in [2.24, 2.45) is 11.1 Å². The normalized spacial score (nSPS) is 19.9. The van der Waals surface area contributed by atoms with Crippen LogP contribution < -0.4 is 10.6 Å². The van der Waals surface area contributed by atoms with Gasteiger partial charge in [-0.3, -0.25) is 4.98 Å². The Morgan fingerprint density at radius 2 is 1.83 bits per heavy atom. The predicted molar refractivity (Wildman–Crippen MR) is 123 cm³/mol. The minimum atomic E-state index is 0.121. The lowest BCUT2D eigenvalue weighted by molar-refractivity contribution is 0.187. The SMILES string of the molecule is Cc1nc(N2CCC3(CC2)Cc2ccccc2[C@H]3N)cnc1-c1cccc(Cl)c1Cl. The molecule has 0 amide bonds. The Morgan fingerprint density at radius 1 is 1.07 bits per heavy atom. The first kappa shape index (κ1) is 19.8. The third kappa shape index (κ3) is 3.18. The van der Waals surface area contributed by atoms with Crippen molar-refractivity contribution in [2.75, 3.05) is 18.0 Å². The summed E-state index contributed by atoms with van der Waals surface area (Å²) in [6, 6.07) is 14.3. The van der Waals surface area contributed by atoms with E-state index in [0.29, 0.717) is 10.0 Å². The van der Waals surface area contributed by atoms with E-state index in [1.807, 2.05) is 25.3 Å². The number of rotatable bonds is 2. The number of anilines is 1. The summed E-state index contributed by atoms with van der Waals surface area (Å²) in [6.45, 7) is 3.85. The van der Waals surface area contributed by atoms with Crippen LogP contribution in [0.4, 0.5) is 5.82 Å². The number of aryl methyl sites for hydroxylation is 1. The van der Waals surface area contributed by atoms with E-state index in [0.717, 1.165) is 55.1 Å². The first-order valence-corrected chi connectivity index (χ1v) is 11.1. The molecule has 5 rings (SSSR count). The van der Waals surface area contributed by atoms with Crippen molar-refractivity contribution in [3.05, 3.63) is 75.5 Å². The molecule has 2 aliphatic rings. The predicted octanol–water partition coefficient (Wildman–Crippen LogP) is 5.60. The van der Waals surface area contributed by atoms with Gasteiger partial charge < -0.3 is 10.6 Å². The minimum Gasteiger partial charge on any atom is -0.355 e. The molecule has 0 saturated carbocycles. The van der Waals surface area contributed by atoms with Crippen LogP contribution in [0, 0.1) is 12.3 Å². The monoisotopic (exact) mass is 438 g/mol. The lowest BCUT2D eigenvalue weighted by Crippen LogP contribution is -2.44. The number of nitrogens with two attached hydrogens (primary N) is 1. The van der Waals surface area contributed by atoms with Crippen molar-refractivity contribution in [3.8, 4) is 11.3 Å². The summed E-state index contributed by atoms with van der Waals surface area (Å²) in [6.07, 6.45) is 5.05. The second-order valence-electron chi connectivity index (χ2n) is 8.47. The smallest absolute Gasteiger partial charge is 0.147 e. The highest BCUT2D eigenvalue weighted by Gasteiger charge is 2.45. The van der Waals surface area contributed by atoms with Gasteiger partial charge in [0.1, 0.15) is 5.82 Å². The van der Waals surface area contributed by atoms with E-state index in [-0.39, 0.29) is 11.5 Å². The molecule has 1 spiro atoms. The highest BCUT2D eigenvalue weighted by molar-refractivity contribution is 6.43. The molecule has 2 aromatic carbocycles. The van der Waals surface area contributed by atoms with Crippen LogP contribution in [0.2, 0.25) is 10.0 Å². The van der Waals surface area contributed by atoms with Crippen molar-refractivity contribution in [2.45, 2.75) is 32.2 Å². The molecule has 0 bridgehead atoms. The molecule has 1 atom stereocenters. The number of aromatic nitrogens is 2. The summed E-state index contributed by atoms with van der Waals surface area (Å²) in [5, 5.41) is 1.04. The molecule has 2 N–H and O–H groups in total. The number of nitrogens with zero attached hydrogens (tertiary/aromatic N) is 3. The molecule has 1 aliphatic carbocycles. The summed E-state index contributed by atoms with van der Waals surface area (Å²) in [4.78, 5) is 11.9. The topological polar surface area (TPSA) is 55.0 Å². The summed E-state index contributed by atoms with van der Waals surface area (Å²) in [5.41, 5.74) is 12.0. The van der Waals surface area contributed by atoms with Gasteiger partial charge in [0.15, 0.2) is 0 Å².